The Morgan fingerprint density at radius 1 is 1.46 bits per heavy atom. The van der Waals surface area contributed by atoms with Gasteiger partial charge in [0.1, 0.15) is 0 Å². The molecule has 26 heavy (non-hydrogen) atoms. The molecule has 2 unspecified atom stereocenters. The van der Waals surface area contributed by atoms with Gasteiger partial charge in [-0.15, -0.1) is 0 Å². The van der Waals surface area contributed by atoms with E-state index in [1.807, 2.05) is 12.1 Å². The van der Waals surface area contributed by atoms with Gasteiger partial charge in [-0.1, -0.05) is 0 Å². The van der Waals surface area contributed by atoms with Gasteiger partial charge in [-0.05, 0) is 37.5 Å². The van der Waals surface area contributed by atoms with Crippen LogP contribution >= 0.6 is 0 Å². The average Bonchev–Trinajstić information content (AvgIpc) is 2.61. The summed E-state index contributed by atoms with van der Waals surface area (Å²) < 4.78 is 5.21. The molecule has 1 aliphatic heterocycles. The van der Waals surface area contributed by atoms with Crippen LogP contribution in [-0.4, -0.2) is 69.6 Å². The van der Waals surface area contributed by atoms with E-state index >= 15 is 0 Å². The molecule has 3 rings (SSSR count). The molecule has 1 saturated heterocycles. The van der Waals surface area contributed by atoms with E-state index in [1.165, 1.54) is 0 Å². The fourth-order valence-electron chi connectivity index (χ4n) is 3.49. The SMILES string of the molecule is COc1ccc2nccc(CCN3CCC(NC(=O)O)C(C)(O)C3)c2n1. The van der Waals surface area contributed by atoms with E-state index in [-0.39, 0.29) is 0 Å². The summed E-state index contributed by atoms with van der Waals surface area (Å²) in [5, 5.41) is 21.9. The molecule has 3 N–H and O–H groups in total. The van der Waals surface area contributed by atoms with Gasteiger partial charge in [-0.3, -0.25) is 9.88 Å². The average molecular weight is 360 g/mol. The van der Waals surface area contributed by atoms with Crippen LogP contribution in [0, 0.1) is 0 Å². The molecule has 140 valence electrons. The first-order valence-electron chi connectivity index (χ1n) is 8.62. The largest absolute Gasteiger partial charge is 0.481 e. The van der Waals surface area contributed by atoms with Gasteiger partial charge >= 0.3 is 6.09 Å². The Hall–Kier alpha value is -2.45. The minimum atomic E-state index is -1.10. The molecule has 0 bridgehead atoms. The number of β-amino-alcohol motifs (C(OH)–C–C–N with tert-alkyl or cyclic N) is 1. The standard InChI is InChI=1S/C18H24N4O4/c1-18(25)11-22(10-7-14(18)20-17(23)24)9-6-12-5-8-19-13-3-4-15(26-2)21-16(12)13/h3-5,8,14,20,25H,6-7,9-11H2,1-2H3,(H,23,24). The number of piperidine rings is 1. The molecule has 1 aliphatic rings. The lowest BCUT2D eigenvalue weighted by Crippen LogP contribution is -2.61. The second kappa shape index (κ2) is 7.43. The third-order valence-electron chi connectivity index (χ3n) is 4.87. The molecule has 8 nitrogen and oxygen atoms in total. The Morgan fingerprint density at radius 2 is 2.27 bits per heavy atom. The summed E-state index contributed by atoms with van der Waals surface area (Å²) in [6.45, 7) is 3.56. The van der Waals surface area contributed by atoms with Gasteiger partial charge in [-0.2, -0.15) is 0 Å². The summed E-state index contributed by atoms with van der Waals surface area (Å²) >= 11 is 0. The van der Waals surface area contributed by atoms with Crippen molar-refractivity contribution in [2.75, 3.05) is 26.7 Å². The molecule has 1 fully saturated rings. The van der Waals surface area contributed by atoms with Gasteiger partial charge in [0.25, 0.3) is 0 Å². The molecular weight excluding hydrogens is 336 g/mol. The smallest absolute Gasteiger partial charge is 0.404 e. The number of amides is 1. The maximum absolute atomic E-state index is 10.9. The number of hydrogen-bond acceptors (Lipinski definition) is 6. The van der Waals surface area contributed by atoms with Crippen molar-refractivity contribution in [1.82, 2.24) is 20.2 Å². The van der Waals surface area contributed by atoms with Gasteiger partial charge in [0.2, 0.25) is 5.88 Å². The number of hydrogen-bond donors (Lipinski definition) is 3. The minimum absolute atomic E-state index is 0.414. The Morgan fingerprint density at radius 3 is 2.96 bits per heavy atom. The number of aromatic nitrogens is 2. The number of ether oxygens (including phenoxy) is 1. The highest BCUT2D eigenvalue weighted by molar-refractivity contribution is 5.78. The Bertz CT molecular complexity index is 796. The second-order valence-electron chi connectivity index (χ2n) is 6.87. The molecule has 0 radical (unpaired) electrons. The molecular formula is C18H24N4O4. The number of nitrogens with zero attached hydrogens (tertiary/aromatic N) is 3. The Labute approximate surface area is 151 Å². The van der Waals surface area contributed by atoms with Gasteiger partial charge in [0, 0.05) is 31.9 Å². The first kappa shape index (κ1) is 18.3. The summed E-state index contributed by atoms with van der Waals surface area (Å²) in [4.78, 5) is 21.9. The van der Waals surface area contributed by atoms with E-state index in [0.29, 0.717) is 18.8 Å². The molecule has 2 aromatic rings. The van der Waals surface area contributed by atoms with E-state index in [9.17, 15) is 9.90 Å². The third kappa shape index (κ3) is 4.03. The Balaban J connectivity index is 1.68. The molecule has 1 amide bonds. The van der Waals surface area contributed by atoms with Crippen LogP contribution in [0.2, 0.25) is 0 Å². The first-order chi connectivity index (χ1) is 12.4. The summed E-state index contributed by atoms with van der Waals surface area (Å²) in [5.74, 6) is 0.551. The van der Waals surface area contributed by atoms with Crippen LogP contribution in [0.1, 0.15) is 18.9 Å². The van der Waals surface area contributed by atoms with Crippen molar-refractivity contribution in [1.29, 1.82) is 0 Å². The normalized spacial score (nSPS) is 23.7. The molecule has 0 aliphatic carbocycles. The lowest BCUT2D eigenvalue weighted by molar-refractivity contribution is -0.0410. The fraction of sp³-hybridized carbons (Fsp3) is 0.500. The van der Waals surface area contributed by atoms with E-state index < -0.39 is 17.7 Å². The van der Waals surface area contributed by atoms with E-state index in [1.54, 1.807) is 26.3 Å². The van der Waals surface area contributed by atoms with Gasteiger partial charge in [0.15, 0.2) is 0 Å². The highest BCUT2D eigenvalue weighted by Gasteiger charge is 2.38. The molecule has 0 aromatic carbocycles. The van der Waals surface area contributed by atoms with Crippen molar-refractivity contribution in [2.45, 2.75) is 31.4 Å². The summed E-state index contributed by atoms with van der Waals surface area (Å²) in [5.41, 5.74) is 1.61. The van der Waals surface area contributed by atoms with E-state index in [2.05, 4.69) is 20.2 Å². The number of rotatable bonds is 5. The van der Waals surface area contributed by atoms with Gasteiger partial charge in [0.05, 0.1) is 29.8 Å². The van der Waals surface area contributed by atoms with Crippen LogP contribution in [0.25, 0.3) is 11.0 Å². The molecule has 2 aromatic heterocycles. The van der Waals surface area contributed by atoms with E-state index in [0.717, 1.165) is 36.1 Å². The van der Waals surface area contributed by atoms with Crippen molar-refractivity contribution in [3.8, 4) is 5.88 Å². The molecule has 0 saturated carbocycles. The highest BCUT2D eigenvalue weighted by Crippen LogP contribution is 2.23. The van der Waals surface area contributed by atoms with Crippen molar-refractivity contribution < 1.29 is 19.7 Å². The first-order valence-corrected chi connectivity index (χ1v) is 8.62. The molecule has 3 heterocycles. The molecule has 8 heteroatoms. The number of aliphatic hydroxyl groups is 1. The van der Waals surface area contributed by atoms with Gasteiger partial charge < -0.3 is 20.3 Å². The van der Waals surface area contributed by atoms with E-state index in [4.69, 9.17) is 9.84 Å². The van der Waals surface area contributed by atoms with Gasteiger partial charge in [-0.25, -0.2) is 9.78 Å². The van der Waals surface area contributed by atoms with Crippen molar-refractivity contribution >= 4 is 17.1 Å². The molecule has 0 spiro atoms. The predicted octanol–water partition coefficient (Wildman–Crippen LogP) is 1.27. The zero-order valence-corrected chi connectivity index (χ0v) is 15.0. The summed E-state index contributed by atoms with van der Waals surface area (Å²) in [6.07, 6.45) is 1.99. The van der Waals surface area contributed by atoms with Crippen molar-refractivity contribution in [2.24, 2.45) is 0 Å². The zero-order valence-electron chi connectivity index (χ0n) is 15.0. The van der Waals surface area contributed by atoms with Crippen LogP contribution in [0.4, 0.5) is 4.79 Å². The Kier molecular flexibility index (Phi) is 5.24. The maximum Gasteiger partial charge on any atom is 0.404 e. The summed E-state index contributed by atoms with van der Waals surface area (Å²) in [7, 11) is 1.58. The minimum Gasteiger partial charge on any atom is -0.481 e. The topological polar surface area (TPSA) is 108 Å². The van der Waals surface area contributed by atoms with Crippen LogP contribution in [-0.2, 0) is 6.42 Å². The van der Waals surface area contributed by atoms with Crippen LogP contribution in [0.3, 0.4) is 0 Å². The number of pyridine rings is 2. The van der Waals surface area contributed by atoms with Crippen LogP contribution in [0.15, 0.2) is 24.4 Å². The van der Waals surface area contributed by atoms with Crippen molar-refractivity contribution in [3.05, 3.63) is 30.0 Å². The highest BCUT2D eigenvalue weighted by atomic mass is 16.5. The lowest BCUT2D eigenvalue weighted by Gasteiger charge is -2.42. The quantitative estimate of drug-likeness (QED) is 0.737. The van der Waals surface area contributed by atoms with Crippen LogP contribution in [0.5, 0.6) is 5.88 Å². The number of carboxylic acid groups (broad SMARTS) is 1. The number of fused-ring (bicyclic) bond motifs is 1. The lowest BCUT2D eigenvalue weighted by atomic mass is 9.89. The number of carbonyl (C=O) groups is 1. The second-order valence-corrected chi connectivity index (χ2v) is 6.87. The zero-order chi connectivity index (χ0) is 18.7. The number of nitrogens with one attached hydrogen (secondary N) is 1. The predicted molar refractivity (Wildman–Crippen MR) is 96.4 cm³/mol. The maximum atomic E-state index is 10.9. The van der Waals surface area contributed by atoms with Crippen molar-refractivity contribution in [3.63, 3.8) is 0 Å². The monoisotopic (exact) mass is 360 g/mol. The number of likely N-dealkylation sites (tertiary alicyclic amines) is 1. The number of methoxy groups -OCH3 is 1. The fourth-order valence-corrected chi connectivity index (χ4v) is 3.49. The van der Waals surface area contributed by atoms with Crippen LogP contribution < -0.4 is 10.1 Å². The molecule has 2 atom stereocenters. The third-order valence-corrected chi connectivity index (χ3v) is 4.87. The summed E-state index contributed by atoms with van der Waals surface area (Å²) in [6, 6.07) is 5.17.